The number of anilines is 2. The van der Waals surface area contributed by atoms with Gasteiger partial charge in [-0.25, -0.2) is 0 Å². The van der Waals surface area contributed by atoms with Crippen LogP contribution in [0.3, 0.4) is 0 Å². The van der Waals surface area contributed by atoms with Crippen LogP contribution < -0.4 is 15.0 Å². The van der Waals surface area contributed by atoms with Crippen LogP contribution >= 0.6 is 0 Å². The summed E-state index contributed by atoms with van der Waals surface area (Å²) < 4.78 is 5.58. The number of nitrogens with one attached hydrogen (secondary N) is 1. The molecule has 0 aromatic heterocycles. The van der Waals surface area contributed by atoms with Crippen molar-refractivity contribution in [2.45, 2.75) is 20.4 Å². The van der Waals surface area contributed by atoms with Gasteiger partial charge in [0.05, 0.1) is 12.2 Å². The first-order valence-corrected chi connectivity index (χ1v) is 10.2. The van der Waals surface area contributed by atoms with Crippen molar-refractivity contribution in [2.24, 2.45) is 0 Å². The van der Waals surface area contributed by atoms with Crippen molar-refractivity contribution in [3.63, 3.8) is 0 Å². The van der Waals surface area contributed by atoms with Gasteiger partial charge in [-0.2, -0.15) is 0 Å². The van der Waals surface area contributed by atoms with E-state index in [2.05, 4.69) is 5.32 Å². The fourth-order valence-corrected chi connectivity index (χ4v) is 3.36. The molecule has 0 bridgehead atoms. The highest BCUT2D eigenvalue weighted by Gasteiger charge is 2.26. The quantitative estimate of drug-likeness (QED) is 0.608. The zero-order valence-electron chi connectivity index (χ0n) is 17.6. The summed E-state index contributed by atoms with van der Waals surface area (Å²) in [5, 5.41) is 2.86. The summed E-state index contributed by atoms with van der Waals surface area (Å²) in [6.45, 7) is 4.50. The topological polar surface area (TPSA) is 58.6 Å². The number of benzene rings is 3. The SMILES string of the molecule is Cc1ccc(/C=C/C(=O)Nc2ccc3c(c2)N(Cc2ccc(C)cc2)C(=O)CO3)cc1. The Labute approximate surface area is 182 Å². The third-order valence-corrected chi connectivity index (χ3v) is 5.14. The summed E-state index contributed by atoms with van der Waals surface area (Å²) in [6, 6.07) is 21.3. The Morgan fingerprint density at radius 3 is 2.39 bits per heavy atom. The highest BCUT2D eigenvalue weighted by molar-refractivity contribution is 6.03. The smallest absolute Gasteiger partial charge is 0.265 e. The van der Waals surface area contributed by atoms with Crippen LogP contribution in [0.25, 0.3) is 6.08 Å². The Balaban J connectivity index is 1.51. The predicted molar refractivity (Wildman–Crippen MR) is 123 cm³/mol. The zero-order valence-corrected chi connectivity index (χ0v) is 17.6. The molecule has 0 aliphatic carbocycles. The largest absolute Gasteiger partial charge is 0.482 e. The summed E-state index contributed by atoms with van der Waals surface area (Å²) in [7, 11) is 0. The molecule has 4 rings (SSSR count). The van der Waals surface area contributed by atoms with E-state index in [0.717, 1.165) is 11.1 Å². The molecule has 5 heteroatoms. The molecule has 1 N–H and O–H groups in total. The van der Waals surface area contributed by atoms with Gasteiger partial charge in [-0.05, 0) is 49.2 Å². The number of fused-ring (bicyclic) bond motifs is 1. The highest BCUT2D eigenvalue weighted by atomic mass is 16.5. The van der Waals surface area contributed by atoms with Gasteiger partial charge >= 0.3 is 0 Å². The Morgan fingerprint density at radius 2 is 1.68 bits per heavy atom. The number of nitrogens with zero attached hydrogens (tertiary/aromatic N) is 1. The molecule has 0 atom stereocenters. The molecule has 31 heavy (non-hydrogen) atoms. The van der Waals surface area contributed by atoms with E-state index in [0.29, 0.717) is 23.7 Å². The highest BCUT2D eigenvalue weighted by Crippen LogP contribution is 2.35. The number of aryl methyl sites for hydroxylation is 2. The van der Waals surface area contributed by atoms with Crippen LogP contribution in [-0.4, -0.2) is 18.4 Å². The Hall–Kier alpha value is -3.86. The molecule has 0 spiro atoms. The summed E-state index contributed by atoms with van der Waals surface area (Å²) in [6.07, 6.45) is 3.26. The molecule has 1 aliphatic rings. The minimum Gasteiger partial charge on any atom is -0.482 e. The lowest BCUT2D eigenvalue weighted by molar-refractivity contribution is -0.121. The van der Waals surface area contributed by atoms with Crippen LogP contribution in [0.2, 0.25) is 0 Å². The lowest BCUT2D eigenvalue weighted by Gasteiger charge is -2.30. The predicted octanol–water partition coefficient (Wildman–Crippen LogP) is 4.88. The normalized spacial score (nSPS) is 13.1. The minimum absolute atomic E-state index is 0.00382. The monoisotopic (exact) mass is 412 g/mol. The molecule has 1 heterocycles. The first kappa shape index (κ1) is 20.4. The number of hydrogen-bond acceptors (Lipinski definition) is 3. The summed E-state index contributed by atoms with van der Waals surface area (Å²) in [4.78, 5) is 26.6. The van der Waals surface area contributed by atoms with Crippen LogP contribution in [0.4, 0.5) is 11.4 Å². The van der Waals surface area contributed by atoms with E-state index < -0.39 is 0 Å². The zero-order chi connectivity index (χ0) is 21.8. The van der Waals surface area contributed by atoms with Crippen LogP contribution in [-0.2, 0) is 16.1 Å². The van der Waals surface area contributed by atoms with Crippen molar-refractivity contribution < 1.29 is 14.3 Å². The third-order valence-electron chi connectivity index (χ3n) is 5.14. The van der Waals surface area contributed by atoms with E-state index in [9.17, 15) is 9.59 Å². The Morgan fingerprint density at radius 1 is 1.00 bits per heavy atom. The van der Waals surface area contributed by atoms with E-state index in [1.54, 1.807) is 29.2 Å². The van der Waals surface area contributed by atoms with E-state index in [-0.39, 0.29) is 18.4 Å². The molecule has 5 nitrogen and oxygen atoms in total. The van der Waals surface area contributed by atoms with Crippen molar-refractivity contribution >= 4 is 29.3 Å². The lowest BCUT2D eigenvalue weighted by atomic mass is 10.1. The average molecular weight is 412 g/mol. The number of hydrogen-bond donors (Lipinski definition) is 1. The van der Waals surface area contributed by atoms with Crippen molar-refractivity contribution in [3.05, 3.63) is 95.1 Å². The second-order valence-corrected chi connectivity index (χ2v) is 7.67. The molecular formula is C26H24N2O3. The number of ether oxygens (including phenoxy) is 1. The van der Waals surface area contributed by atoms with Gasteiger partial charge in [-0.15, -0.1) is 0 Å². The van der Waals surface area contributed by atoms with E-state index in [1.165, 1.54) is 17.2 Å². The Bertz CT molecular complexity index is 1130. The number of rotatable bonds is 5. The fourth-order valence-electron chi connectivity index (χ4n) is 3.36. The molecular weight excluding hydrogens is 388 g/mol. The first-order valence-electron chi connectivity index (χ1n) is 10.2. The van der Waals surface area contributed by atoms with E-state index in [4.69, 9.17) is 4.74 Å². The van der Waals surface area contributed by atoms with Crippen LogP contribution in [0.5, 0.6) is 5.75 Å². The first-order chi connectivity index (χ1) is 15.0. The van der Waals surface area contributed by atoms with Gasteiger partial charge in [0, 0.05) is 11.8 Å². The molecule has 0 saturated carbocycles. The molecule has 156 valence electrons. The maximum Gasteiger partial charge on any atom is 0.265 e. The Kier molecular flexibility index (Phi) is 5.85. The minimum atomic E-state index is -0.242. The van der Waals surface area contributed by atoms with Gasteiger partial charge in [0.15, 0.2) is 6.61 Å². The van der Waals surface area contributed by atoms with Gasteiger partial charge in [-0.1, -0.05) is 59.7 Å². The molecule has 3 aromatic carbocycles. The molecule has 2 amide bonds. The molecule has 1 aliphatic heterocycles. The van der Waals surface area contributed by atoms with Gasteiger partial charge in [0.1, 0.15) is 5.75 Å². The maximum absolute atomic E-state index is 12.5. The molecule has 0 fully saturated rings. The second kappa shape index (κ2) is 8.88. The molecule has 3 aromatic rings. The number of carbonyl (C=O) groups excluding carboxylic acids is 2. The van der Waals surface area contributed by atoms with Gasteiger partial charge in [0.2, 0.25) is 5.91 Å². The van der Waals surface area contributed by atoms with Crippen molar-refractivity contribution in [3.8, 4) is 5.75 Å². The summed E-state index contributed by atoms with van der Waals surface area (Å²) >= 11 is 0. The van der Waals surface area contributed by atoms with Crippen molar-refractivity contribution in [1.29, 1.82) is 0 Å². The number of carbonyl (C=O) groups is 2. The van der Waals surface area contributed by atoms with Crippen molar-refractivity contribution in [2.75, 3.05) is 16.8 Å². The second-order valence-electron chi connectivity index (χ2n) is 7.67. The van der Waals surface area contributed by atoms with Gasteiger partial charge < -0.3 is 15.0 Å². The van der Waals surface area contributed by atoms with Crippen LogP contribution in [0.1, 0.15) is 22.3 Å². The lowest BCUT2D eigenvalue weighted by Crippen LogP contribution is -2.38. The van der Waals surface area contributed by atoms with Crippen LogP contribution in [0, 0.1) is 13.8 Å². The average Bonchev–Trinajstić information content (AvgIpc) is 2.77. The van der Waals surface area contributed by atoms with Gasteiger partial charge in [0.25, 0.3) is 5.91 Å². The fraction of sp³-hybridized carbons (Fsp3) is 0.154. The molecule has 0 unspecified atom stereocenters. The van der Waals surface area contributed by atoms with E-state index >= 15 is 0 Å². The number of amides is 2. The molecule has 0 radical (unpaired) electrons. The van der Waals surface area contributed by atoms with Crippen LogP contribution in [0.15, 0.2) is 72.8 Å². The van der Waals surface area contributed by atoms with Gasteiger partial charge in [-0.3, -0.25) is 9.59 Å². The summed E-state index contributed by atoms with van der Waals surface area (Å²) in [5.41, 5.74) is 5.57. The maximum atomic E-state index is 12.5. The summed E-state index contributed by atoms with van der Waals surface area (Å²) in [5.74, 6) is 0.268. The van der Waals surface area contributed by atoms with Crippen molar-refractivity contribution in [1.82, 2.24) is 0 Å². The van der Waals surface area contributed by atoms with E-state index in [1.807, 2.05) is 62.4 Å². The third kappa shape index (κ3) is 5.01. The standard InChI is InChI=1S/C26H24N2O3/c1-18-3-7-20(8-4-18)11-14-25(29)27-22-12-13-24-23(15-22)28(26(30)17-31-24)16-21-9-5-19(2)6-10-21/h3-15H,16-17H2,1-2H3,(H,27,29)/b14-11+. The molecule has 0 saturated heterocycles.